The number of ether oxygens (including phenoxy) is 1. The third-order valence-corrected chi connectivity index (χ3v) is 5.65. The van der Waals surface area contributed by atoms with Crippen molar-refractivity contribution in [1.29, 1.82) is 0 Å². The van der Waals surface area contributed by atoms with Gasteiger partial charge in [0.05, 0.1) is 29.8 Å². The van der Waals surface area contributed by atoms with Crippen molar-refractivity contribution in [2.75, 3.05) is 31.7 Å². The van der Waals surface area contributed by atoms with Gasteiger partial charge in [0, 0.05) is 32.0 Å². The average Bonchev–Trinajstić information content (AvgIpc) is 3.50. The van der Waals surface area contributed by atoms with Crippen LogP contribution in [0.25, 0.3) is 21.6 Å². The van der Waals surface area contributed by atoms with Gasteiger partial charge in [0.2, 0.25) is 5.91 Å². The molecule has 0 saturated carbocycles. The zero-order chi connectivity index (χ0) is 21.5. The van der Waals surface area contributed by atoms with Crippen molar-refractivity contribution in [3.8, 4) is 10.7 Å². The first-order valence-electron chi connectivity index (χ1n) is 10.1. The number of aromatic nitrogens is 2. The van der Waals surface area contributed by atoms with Crippen molar-refractivity contribution in [3.63, 3.8) is 0 Å². The van der Waals surface area contributed by atoms with E-state index in [4.69, 9.17) is 19.1 Å². The van der Waals surface area contributed by atoms with Crippen LogP contribution in [0.15, 0.2) is 64.6 Å². The largest absolute Gasteiger partial charge is 0.467 e. The molecule has 160 valence electrons. The number of anilines is 1. The molecule has 3 heterocycles. The predicted octanol–water partition coefficient (Wildman–Crippen LogP) is 4.11. The van der Waals surface area contributed by atoms with Gasteiger partial charge in [-0.15, -0.1) is 11.3 Å². The molecular weight excluding hydrogens is 412 g/mol. The number of rotatable bonds is 10. The molecule has 1 aromatic carbocycles. The lowest BCUT2D eigenvalue weighted by Gasteiger charge is -2.24. The molecule has 1 N–H and O–H groups in total. The summed E-state index contributed by atoms with van der Waals surface area (Å²) in [5, 5.41) is 5.83. The monoisotopic (exact) mass is 436 g/mol. The van der Waals surface area contributed by atoms with E-state index in [1.807, 2.05) is 53.9 Å². The number of carbonyl (C=O) groups is 1. The molecule has 8 heteroatoms. The molecule has 0 unspecified atom stereocenters. The first kappa shape index (κ1) is 21.0. The number of methoxy groups -OCH3 is 1. The first-order valence-corrected chi connectivity index (χ1v) is 11.0. The number of amides is 1. The van der Waals surface area contributed by atoms with Crippen molar-refractivity contribution in [2.24, 2.45) is 0 Å². The number of nitrogens with one attached hydrogen (secondary N) is 1. The first-order chi connectivity index (χ1) is 15.2. The highest BCUT2D eigenvalue weighted by Crippen LogP contribution is 2.30. The molecule has 0 saturated heterocycles. The maximum atomic E-state index is 12.3. The van der Waals surface area contributed by atoms with E-state index in [0.717, 1.165) is 27.4 Å². The summed E-state index contributed by atoms with van der Waals surface area (Å²) in [6.07, 6.45) is 1.98. The fourth-order valence-electron chi connectivity index (χ4n) is 3.28. The molecule has 3 aromatic heterocycles. The Bertz CT molecular complexity index is 1110. The topological polar surface area (TPSA) is 80.5 Å². The fraction of sp³-hybridized carbons (Fsp3) is 0.261. The molecular formula is C23H24N4O3S. The van der Waals surface area contributed by atoms with Crippen LogP contribution in [-0.4, -0.2) is 42.7 Å². The second-order valence-electron chi connectivity index (χ2n) is 6.96. The van der Waals surface area contributed by atoms with Gasteiger partial charge >= 0.3 is 0 Å². The highest BCUT2D eigenvalue weighted by atomic mass is 32.1. The van der Waals surface area contributed by atoms with E-state index in [9.17, 15) is 4.79 Å². The summed E-state index contributed by atoms with van der Waals surface area (Å²) in [7, 11) is 1.61. The normalized spacial score (nSPS) is 11.0. The third-order valence-electron chi connectivity index (χ3n) is 4.79. The smallest absolute Gasteiger partial charge is 0.221 e. The second-order valence-corrected chi connectivity index (χ2v) is 7.91. The summed E-state index contributed by atoms with van der Waals surface area (Å²) >= 11 is 1.60. The number of fused-ring (bicyclic) bond motifs is 1. The fourth-order valence-corrected chi connectivity index (χ4v) is 3.94. The van der Waals surface area contributed by atoms with Crippen LogP contribution in [0.1, 0.15) is 12.2 Å². The van der Waals surface area contributed by atoms with Crippen LogP contribution < -0.4 is 10.2 Å². The van der Waals surface area contributed by atoms with Gasteiger partial charge in [-0.3, -0.25) is 4.79 Å². The highest BCUT2D eigenvalue weighted by Gasteiger charge is 2.18. The number of benzene rings is 1. The number of nitrogens with zero attached hydrogens (tertiary/aromatic N) is 3. The van der Waals surface area contributed by atoms with Crippen LogP contribution in [0.4, 0.5) is 5.82 Å². The SMILES string of the molecule is COCCNC(=O)CCN(Cc1ccco1)c1nc(-c2cccs2)nc2ccccc12. The maximum absolute atomic E-state index is 12.3. The molecule has 0 spiro atoms. The van der Waals surface area contributed by atoms with Gasteiger partial charge < -0.3 is 19.4 Å². The molecule has 31 heavy (non-hydrogen) atoms. The van der Waals surface area contributed by atoms with E-state index in [1.165, 1.54) is 0 Å². The average molecular weight is 437 g/mol. The second kappa shape index (κ2) is 10.2. The minimum Gasteiger partial charge on any atom is -0.467 e. The number of hydrogen-bond donors (Lipinski definition) is 1. The Morgan fingerprint density at radius 2 is 2.06 bits per heavy atom. The minimum absolute atomic E-state index is 0.0293. The van der Waals surface area contributed by atoms with Crippen LogP contribution in [0.3, 0.4) is 0 Å². The van der Waals surface area contributed by atoms with Gasteiger partial charge in [-0.2, -0.15) is 0 Å². The van der Waals surface area contributed by atoms with E-state index in [2.05, 4.69) is 10.2 Å². The van der Waals surface area contributed by atoms with Crippen LogP contribution in [0, 0.1) is 0 Å². The van der Waals surface area contributed by atoms with Gasteiger partial charge in [-0.1, -0.05) is 18.2 Å². The highest BCUT2D eigenvalue weighted by molar-refractivity contribution is 7.13. The molecule has 0 aliphatic heterocycles. The summed E-state index contributed by atoms with van der Waals surface area (Å²) in [4.78, 5) is 25.1. The lowest BCUT2D eigenvalue weighted by atomic mass is 10.2. The summed E-state index contributed by atoms with van der Waals surface area (Å²) in [6, 6.07) is 15.7. The third kappa shape index (κ3) is 5.28. The zero-order valence-corrected chi connectivity index (χ0v) is 18.1. The number of hydrogen-bond acceptors (Lipinski definition) is 7. The van der Waals surface area contributed by atoms with Gasteiger partial charge in [0.15, 0.2) is 5.82 Å². The van der Waals surface area contributed by atoms with Crippen molar-refractivity contribution in [1.82, 2.24) is 15.3 Å². The lowest BCUT2D eigenvalue weighted by Crippen LogP contribution is -2.32. The van der Waals surface area contributed by atoms with Crippen molar-refractivity contribution < 1.29 is 13.9 Å². The quantitative estimate of drug-likeness (QED) is 0.377. The zero-order valence-electron chi connectivity index (χ0n) is 17.3. The molecule has 0 radical (unpaired) electrons. The summed E-state index contributed by atoms with van der Waals surface area (Å²) in [5.41, 5.74) is 0.866. The van der Waals surface area contributed by atoms with Crippen molar-refractivity contribution >= 4 is 34.0 Å². The van der Waals surface area contributed by atoms with Gasteiger partial charge in [-0.05, 0) is 35.7 Å². The summed E-state index contributed by atoms with van der Waals surface area (Å²) in [5.74, 6) is 2.24. The number of para-hydroxylation sites is 1. The predicted molar refractivity (Wildman–Crippen MR) is 122 cm³/mol. The minimum atomic E-state index is -0.0293. The van der Waals surface area contributed by atoms with E-state index in [-0.39, 0.29) is 5.91 Å². The molecule has 4 aromatic rings. The molecule has 0 fully saturated rings. The van der Waals surface area contributed by atoms with Crippen molar-refractivity contribution in [2.45, 2.75) is 13.0 Å². The maximum Gasteiger partial charge on any atom is 0.221 e. The molecule has 0 aliphatic carbocycles. The molecule has 1 amide bonds. The molecule has 0 bridgehead atoms. The van der Waals surface area contributed by atoms with Gasteiger partial charge in [0.25, 0.3) is 0 Å². The number of carbonyl (C=O) groups excluding carboxylic acids is 1. The van der Waals surface area contributed by atoms with E-state index < -0.39 is 0 Å². The van der Waals surface area contributed by atoms with E-state index >= 15 is 0 Å². The lowest BCUT2D eigenvalue weighted by molar-refractivity contribution is -0.121. The Labute approximate surface area is 184 Å². The molecule has 7 nitrogen and oxygen atoms in total. The molecule has 0 atom stereocenters. The van der Waals surface area contributed by atoms with Crippen LogP contribution in [0.5, 0.6) is 0 Å². The van der Waals surface area contributed by atoms with Crippen LogP contribution in [0.2, 0.25) is 0 Å². The Morgan fingerprint density at radius 1 is 1.16 bits per heavy atom. The van der Waals surface area contributed by atoms with E-state index in [0.29, 0.717) is 38.5 Å². The van der Waals surface area contributed by atoms with Crippen LogP contribution >= 0.6 is 11.3 Å². The standard InChI is InChI=1S/C23H24N4O3S/c1-29-14-11-24-21(28)10-12-27(16-17-6-4-13-30-17)23-18-7-2-3-8-19(18)25-22(26-23)20-9-5-15-31-20/h2-9,13,15H,10-12,14,16H2,1H3,(H,24,28). The summed E-state index contributed by atoms with van der Waals surface area (Å²) < 4.78 is 10.6. The molecule has 0 aliphatic rings. The van der Waals surface area contributed by atoms with E-state index in [1.54, 1.807) is 24.7 Å². The number of thiophene rings is 1. The van der Waals surface area contributed by atoms with Crippen molar-refractivity contribution in [3.05, 3.63) is 65.9 Å². The Kier molecular flexibility index (Phi) is 6.91. The van der Waals surface area contributed by atoms with Gasteiger partial charge in [-0.25, -0.2) is 9.97 Å². The van der Waals surface area contributed by atoms with Crippen LogP contribution in [-0.2, 0) is 16.1 Å². The van der Waals surface area contributed by atoms with Gasteiger partial charge in [0.1, 0.15) is 11.6 Å². The Hall–Kier alpha value is -3.23. The Balaban J connectivity index is 1.67. The number of furan rings is 1. The Morgan fingerprint density at radius 3 is 2.84 bits per heavy atom. The molecule has 4 rings (SSSR count). The summed E-state index contributed by atoms with van der Waals surface area (Å²) in [6.45, 7) is 1.97.